The Labute approximate surface area is 169 Å². The molecule has 1 aliphatic heterocycles. The average molecular weight is 355 g/mol. The van der Waals surface area contributed by atoms with E-state index in [-0.39, 0.29) is 47.5 Å². The van der Waals surface area contributed by atoms with Crippen molar-refractivity contribution in [2.45, 2.75) is 50.2 Å². The molecule has 3 rings (SSSR count). The number of ether oxygens (including phenoxy) is 1. The molecule has 0 radical (unpaired) electrons. The molecule has 1 amide bonds. The number of carbonyl (C=O) groups is 2. The SMILES string of the molecule is COc1cc(CCNC(=O)C2CCC(C(=O)[O-])N2C2CC2)ccn1.[Na+]. The largest absolute Gasteiger partial charge is 1.00 e. The van der Waals surface area contributed by atoms with E-state index in [1.807, 2.05) is 17.0 Å². The number of likely N-dealkylation sites (tertiary alicyclic amines) is 1. The van der Waals surface area contributed by atoms with Crippen LogP contribution in [0.2, 0.25) is 0 Å². The monoisotopic (exact) mass is 355 g/mol. The second-order valence-electron chi connectivity index (χ2n) is 6.35. The Hall–Kier alpha value is -1.15. The summed E-state index contributed by atoms with van der Waals surface area (Å²) in [6.45, 7) is 0.497. The van der Waals surface area contributed by atoms with Gasteiger partial charge in [-0.2, -0.15) is 0 Å². The molecule has 1 aliphatic carbocycles. The number of methoxy groups -OCH3 is 1. The van der Waals surface area contributed by atoms with E-state index in [0.717, 1.165) is 18.4 Å². The predicted octanol–water partition coefficient (Wildman–Crippen LogP) is -3.50. The van der Waals surface area contributed by atoms with Crippen LogP contribution in [0.1, 0.15) is 31.2 Å². The predicted molar refractivity (Wildman–Crippen MR) is 84.2 cm³/mol. The Morgan fingerprint density at radius 2 is 2.04 bits per heavy atom. The van der Waals surface area contributed by atoms with E-state index in [2.05, 4.69) is 10.3 Å². The number of nitrogens with zero attached hydrogens (tertiary/aromatic N) is 2. The third-order valence-electron chi connectivity index (χ3n) is 4.70. The van der Waals surface area contributed by atoms with Crippen molar-refractivity contribution >= 4 is 11.9 Å². The summed E-state index contributed by atoms with van der Waals surface area (Å²) in [5.41, 5.74) is 1.03. The fourth-order valence-electron chi connectivity index (χ4n) is 3.38. The Kier molecular flexibility index (Phi) is 7.25. The van der Waals surface area contributed by atoms with E-state index in [9.17, 15) is 14.7 Å². The molecule has 1 aromatic heterocycles. The van der Waals surface area contributed by atoms with Crippen molar-refractivity contribution in [2.24, 2.45) is 0 Å². The Morgan fingerprint density at radius 1 is 1.32 bits per heavy atom. The van der Waals surface area contributed by atoms with Crippen LogP contribution in [-0.2, 0) is 16.0 Å². The first-order chi connectivity index (χ1) is 11.6. The first-order valence-electron chi connectivity index (χ1n) is 8.35. The molecule has 0 bridgehead atoms. The molecular weight excluding hydrogens is 333 g/mol. The van der Waals surface area contributed by atoms with Crippen LogP contribution < -0.4 is 44.7 Å². The maximum Gasteiger partial charge on any atom is 1.00 e. The normalized spacial score (nSPS) is 22.9. The Bertz CT molecular complexity index is 624. The summed E-state index contributed by atoms with van der Waals surface area (Å²) in [5, 5.41) is 14.2. The third-order valence-corrected chi connectivity index (χ3v) is 4.70. The van der Waals surface area contributed by atoms with Gasteiger partial charge in [0.05, 0.1) is 25.2 Å². The number of carboxylic acids is 1. The minimum atomic E-state index is -1.07. The molecule has 2 atom stereocenters. The molecule has 130 valence electrons. The van der Waals surface area contributed by atoms with Crippen LogP contribution in [0.15, 0.2) is 18.3 Å². The molecule has 0 spiro atoms. The van der Waals surface area contributed by atoms with Gasteiger partial charge in [-0.25, -0.2) is 4.98 Å². The summed E-state index contributed by atoms with van der Waals surface area (Å²) in [6.07, 6.45) is 5.33. The van der Waals surface area contributed by atoms with E-state index >= 15 is 0 Å². The van der Waals surface area contributed by atoms with Crippen molar-refractivity contribution in [1.82, 2.24) is 15.2 Å². The minimum Gasteiger partial charge on any atom is -0.548 e. The zero-order valence-electron chi connectivity index (χ0n) is 14.7. The molecule has 1 saturated carbocycles. The fraction of sp³-hybridized carbons (Fsp3) is 0.588. The Morgan fingerprint density at radius 3 is 2.68 bits per heavy atom. The van der Waals surface area contributed by atoms with Crippen LogP contribution in [0, 0.1) is 0 Å². The van der Waals surface area contributed by atoms with Gasteiger partial charge in [0.25, 0.3) is 0 Å². The first kappa shape index (κ1) is 20.2. The van der Waals surface area contributed by atoms with Gasteiger partial charge in [0.2, 0.25) is 11.8 Å². The molecule has 2 aliphatic rings. The smallest absolute Gasteiger partial charge is 0.548 e. The van der Waals surface area contributed by atoms with E-state index in [1.54, 1.807) is 13.3 Å². The summed E-state index contributed by atoms with van der Waals surface area (Å²) in [6, 6.07) is 2.96. The second-order valence-corrected chi connectivity index (χ2v) is 6.35. The maximum absolute atomic E-state index is 12.5. The molecule has 25 heavy (non-hydrogen) atoms. The number of hydrogen-bond donors (Lipinski definition) is 1. The molecular formula is C17H22N3NaO4. The van der Waals surface area contributed by atoms with Gasteiger partial charge < -0.3 is 20.0 Å². The molecule has 2 heterocycles. The van der Waals surface area contributed by atoms with Crippen molar-refractivity contribution in [1.29, 1.82) is 0 Å². The van der Waals surface area contributed by atoms with Crippen LogP contribution in [-0.4, -0.2) is 53.5 Å². The number of nitrogens with one attached hydrogen (secondary N) is 1. The molecule has 2 fully saturated rings. The standard InChI is InChI=1S/C17H23N3O4.Na/c1-24-15-10-11(6-8-18-15)7-9-19-16(21)13-4-5-14(17(22)23)20(13)12-2-3-12;/h6,8,10,12-14H,2-5,7,9H2,1H3,(H,19,21)(H,22,23);/q;+1/p-1. The van der Waals surface area contributed by atoms with Gasteiger partial charge >= 0.3 is 29.6 Å². The van der Waals surface area contributed by atoms with E-state index in [4.69, 9.17) is 4.74 Å². The van der Waals surface area contributed by atoms with Crippen LogP contribution >= 0.6 is 0 Å². The number of hydrogen-bond acceptors (Lipinski definition) is 6. The summed E-state index contributed by atoms with van der Waals surface area (Å²) in [5.74, 6) is -0.612. The minimum absolute atomic E-state index is 0. The quantitative estimate of drug-likeness (QED) is 0.510. The molecule has 2 unspecified atom stereocenters. The van der Waals surface area contributed by atoms with Crippen molar-refractivity contribution < 1.29 is 49.0 Å². The number of aromatic nitrogens is 1. The molecule has 1 saturated heterocycles. The second kappa shape index (κ2) is 8.98. The van der Waals surface area contributed by atoms with Crippen molar-refractivity contribution in [3.8, 4) is 5.88 Å². The number of amides is 1. The topological polar surface area (TPSA) is 94.6 Å². The van der Waals surface area contributed by atoms with Gasteiger partial charge in [-0.05, 0) is 43.7 Å². The van der Waals surface area contributed by atoms with E-state index < -0.39 is 12.0 Å². The van der Waals surface area contributed by atoms with Crippen LogP contribution in [0.5, 0.6) is 5.88 Å². The van der Waals surface area contributed by atoms with Gasteiger partial charge in [-0.15, -0.1) is 0 Å². The third kappa shape index (κ3) is 4.94. The van der Waals surface area contributed by atoms with Crippen molar-refractivity contribution in [3.63, 3.8) is 0 Å². The zero-order chi connectivity index (χ0) is 17.1. The molecule has 8 heteroatoms. The maximum atomic E-state index is 12.5. The van der Waals surface area contributed by atoms with E-state index in [0.29, 0.717) is 31.7 Å². The molecule has 1 aromatic rings. The number of carboxylic acid groups (broad SMARTS) is 1. The fourth-order valence-corrected chi connectivity index (χ4v) is 3.38. The van der Waals surface area contributed by atoms with Crippen LogP contribution in [0.25, 0.3) is 0 Å². The molecule has 1 N–H and O–H groups in total. The van der Waals surface area contributed by atoms with Gasteiger partial charge in [0.1, 0.15) is 0 Å². The van der Waals surface area contributed by atoms with Crippen molar-refractivity contribution in [3.05, 3.63) is 23.9 Å². The summed E-state index contributed by atoms with van der Waals surface area (Å²) < 4.78 is 5.08. The molecule has 0 aromatic carbocycles. The summed E-state index contributed by atoms with van der Waals surface area (Å²) in [7, 11) is 1.56. The molecule has 7 nitrogen and oxygen atoms in total. The average Bonchev–Trinajstić information content (AvgIpc) is 3.32. The van der Waals surface area contributed by atoms with Gasteiger partial charge in [0, 0.05) is 24.8 Å². The zero-order valence-corrected chi connectivity index (χ0v) is 16.7. The van der Waals surface area contributed by atoms with Gasteiger partial charge in [0.15, 0.2) is 0 Å². The van der Waals surface area contributed by atoms with Crippen LogP contribution in [0.3, 0.4) is 0 Å². The van der Waals surface area contributed by atoms with Gasteiger partial charge in [-0.1, -0.05) is 0 Å². The van der Waals surface area contributed by atoms with E-state index in [1.165, 1.54) is 0 Å². The first-order valence-corrected chi connectivity index (χ1v) is 8.35. The van der Waals surface area contributed by atoms with Gasteiger partial charge in [-0.3, -0.25) is 9.69 Å². The van der Waals surface area contributed by atoms with Crippen LogP contribution in [0.4, 0.5) is 0 Å². The Balaban J connectivity index is 0.00000225. The number of rotatable bonds is 7. The summed E-state index contributed by atoms with van der Waals surface area (Å²) in [4.78, 5) is 29.6. The number of aliphatic carboxylic acids is 1. The summed E-state index contributed by atoms with van der Waals surface area (Å²) >= 11 is 0. The van der Waals surface area contributed by atoms with Crippen molar-refractivity contribution in [2.75, 3.05) is 13.7 Å². The number of carbonyl (C=O) groups excluding carboxylic acids is 2. The number of pyridine rings is 1.